The van der Waals surface area contributed by atoms with E-state index in [0.717, 1.165) is 50.3 Å². The van der Waals surface area contributed by atoms with Crippen LogP contribution in [0, 0.1) is 5.92 Å². The highest BCUT2D eigenvalue weighted by Crippen LogP contribution is 2.49. The highest BCUT2D eigenvalue weighted by Gasteiger charge is 2.46. The van der Waals surface area contributed by atoms with Crippen LogP contribution in [0.25, 0.3) is 0 Å². The fraction of sp³-hybridized carbons (Fsp3) is 0.682. The minimum Gasteiger partial charge on any atom is -0.340 e. The Balaban J connectivity index is 0.000000806. The summed E-state index contributed by atoms with van der Waals surface area (Å²) < 4.78 is 38.1. The van der Waals surface area contributed by atoms with Crippen molar-refractivity contribution in [3.05, 3.63) is 35.4 Å². The molecule has 0 bridgehead atoms. The van der Waals surface area contributed by atoms with Gasteiger partial charge in [0.2, 0.25) is 5.91 Å². The first kappa shape index (κ1) is 23.7. The SMILES string of the molecule is ClCCl.O=C(C1CC1c1ccc(C(F)(F)F)cc1)N1CCN(C2CCCCC2)CC1. The number of amides is 1. The lowest BCUT2D eigenvalue weighted by atomic mass is 9.94. The first-order valence-corrected chi connectivity index (χ1v) is 11.7. The summed E-state index contributed by atoms with van der Waals surface area (Å²) in [4.78, 5) is 17.3. The number of carbonyl (C=O) groups is 1. The summed E-state index contributed by atoms with van der Waals surface area (Å²) in [5, 5.41) is 0.194. The van der Waals surface area contributed by atoms with Gasteiger partial charge in [0.05, 0.1) is 10.9 Å². The molecule has 3 fully saturated rings. The molecule has 30 heavy (non-hydrogen) atoms. The Morgan fingerprint density at radius 3 is 2.07 bits per heavy atom. The van der Waals surface area contributed by atoms with Gasteiger partial charge in [-0.2, -0.15) is 13.2 Å². The molecule has 0 spiro atoms. The molecule has 3 aliphatic rings. The summed E-state index contributed by atoms with van der Waals surface area (Å²) in [7, 11) is 0. The van der Waals surface area contributed by atoms with Crippen LogP contribution in [0.2, 0.25) is 0 Å². The summed E-state index contributed by atoms with van der Waals surface area (Å²) in [6.45, 7) is 3.47. The number of hydrogen-bond donors (Lipinski definition) is 0. The van der Waals surface area contributed by atoms with Crippen molar-refractivity contribution < 1.29 is 18.0 Å². The molecule has 0 radical (unpaired) electrons. The number of nitrogens with zero attached hydrogens (tertiary/aromatic N) is 2. The van der Waals surface area contributed by atoms with E-state index in [-0.39, 0.29) is 23.1 Å². The van der Waals surface area contributed by atoms with Crippen molar-refractivity contribution in [1.82, 2.24) is 9.80 Å². The van der Waals surface area contributed by atoms with E-state index in [1.165, 1.54) is 44.2 Å². The number of carbonyl (C=O) groups excluding carboxylic acids is 1. The molecule has 2 aliphatic carbocycles. The Labute approximate surface area is 186 Å². The smallest absolute Gasteiger partial charge is 0.340 e. The van der Waals surface area contributed by atoms with E-state index in [9.17, 15) is 18.0 Å². The van der Waals surface area contributed by atoms with Crippen molar-refractivity contribution in [2.24, 2.45) is 5.92 Å². The lowest BCUT2D eigenvalue weighted by molar-refractivity contribution is -0.137. The van der Waals surface area contributed by atoms with E-state index in [2.05, 4.69) is 4.90 Å². The highest BCUT2D eigenvalue weighted by molar-refractivity contribution is 6.40. The molecule has 4 rings (SSSR count). The second kappa shape index (κ2) is 10.6. The zero-order chi connectivity index (χ0) is 21.7. The van der Waals surface area contributed by atoms with Crippen LogP contribution in [-0.2, 0) is 11.0 Å². The molecule has 2 unspecified atom stereocenters. The first-order valence-electron chi connectivity index (χ1n) is 10.7. The predicted molar refractivity (Wildman–Crippen MR) is 114 cm³/mol. The topological polar surface area (TPSA) is 23.6 Å². The summed E-state index contributed by atoms with van der Waals surface area (Å²) in [5.74, 6) is 0.210. The van der Waals surface area contributed by atoms with Gasteiger partial charge in [-0.25, -0.2) is 0 Å². The van der Waals surface area contributed by atoms with Crippen LogP contribution in [0.1, 0.15) is 55.6 Å². The van der Waals surface area contributed by atoms with Crippen LogP contribution in [0.4, 0.5) is 13.2 Å². The van der Waals surface area contributed by atoms with Gasteiger partial charge in [-0.3, -0.25) is 9.69 Å². The number of piperazine rings is 1. The fourth-order valence-electron chi connectivity index (χ4n) is 4.74. The standard InChI is InChI=1S/C21H27F3N2O.CH2Cl2/c22-21(23,24)16-8-6-15(7-9-16)18-14-19(18)20(27)26-12-10-25(11-13-26)17-4-2-1-3-5-17;2-1-3/h6-9,17-19H,1-5,10-14H2;1H2. The van der Waals surface area contributed by atoms with Crippen LogP contribution in [0.15, 0.2) is 24.3 Å². The third-order valence-electron chi connectivity index (χ3n) is 6.49. The van der Waals surface area contributed by atoms with Gasteiger partial charge >= 0.3 is 6.18 Å². The minimum atomic E-state index is -4.31. The molecule has 2 atom stereocenters. The molecule has 2 saturated carbocycles. The van der Waals surface area contributed by atoms with Crippen LogP contribution >= 0.6 is 23.2 Å². The maximum atomic E-state index is 12.8. The van der Waals surface area contributed by atoms with Gasteiger partial charge in [0.25, 0.3) is 0 Å². The van der Waals surface area contributed by atoms with Gasteiger partial charge < -0.3 is 4.90 Å². The van der Waals surface area contributed by atoms with Gasteiger partial charge in [-0.15, -0.1) is 23.2 Å². The van der Waals surface area contributed by atoms with E-state index < -0.39 is 11.7 Å². The van der Waals surface area contributed by atoms with Gasteiger partial charge in [0.1, 0.15) is 0 Å². The highest BCUT2D eigenvalue weighted by atomic mass is 35.5. The Morgan fingerprint density at radius 2 is 1.53 bits per heavy atom. The van der Waals surface area contributed by atoms with Gasteiger partial charge in [0, 0.05) is 38.1 Å². The number of hydrogen-bond acceptors (Lipinski definition) is 2. The van der Waals surface area contributed by atoms with Gasteiger partial charge in [-0.1, -0.05) is 31.4 Å². The molecule has 168 valence electrons. The van der Waals surface area contributed by atoms with Crippen LogP contribution in [0.5, 0.6) is 0 Å². The van der Waals surface area contributed by atoms with E-state index in [0.29, 0.717) is 6.04 Å². The summed E-state index contributed by atoms with van der Waals surface area (Å²) in [6.07, 6.45) is 3.00. The average molecular weight is 465 g/mol. The maximum absolute atomic E-state index is 12.8. The third kappa shape index (κ3) is 6.04. The summed E-state index contributed by atoms with van der Waals surface area (Å²) >= 11 is 9.53. The largest absolute Gasteiger partial charge is 0.416 e. The molecule has 1 heterocycles. The molecule has 1 aromatic rings. The Kier molecular flexibility index (Phi) is 8.33. The zero-order valence-electron chi connectivity index (χ0n) is 17.0. The second-order valence-corrected chi connectivity index (χ2v) is 9.13. The third-order valence-corrected chi connectivity index (χ3v) is 6.49. The van der Waals surface area contributed by atoms with Crippen LogP contribution in [0.3, 0.4) is 0 Å². The fourth-order valence-corrected chi connectivity index (χ4v) is 4.74. The van der Waals surface area contributed by atoms with Crippen molar-refractivity contribution in [3.8, 4) is 0 Å². The molecular formula is C22H29Cl2F3N2O. The first-order chi connectivity index (χ1) is 14.3. The van der Waals surface area contributed by atoms with Crippen LogP contribution in [-0.4, -0.2) is 53.3 Å². The molecule has 1 saturated heterocycles. The normalized spacial score (nSPS) is 25.4. The van der Waals surface area contributed by atoms with E-state index in [1.807, 2.05) is 4.90 Å². The maximum Gasteiger partial charge on any atom is 0.416 e. The summed E-state index contributed by atoms with van der Waals surface area (Å²) in [6, 6.07) is 6.00. The average Bonchev–Trinajstić information content (AvgIpc) is 3.55. The molecular weight excluding hydrogens is 436 g/mol. The van der Waals surface area contributed by atoms with Crippen molar-refractivity contribution in [2.75, 3.05) is 31.5 Å². The van der Waals surface area contributed by atoms with Crippen molar-refractivity contribution in [2.45, 2.75) is 56.7 Å². The number of benzene rings is 1. The summed E-state index contributed by atoms with van der Waals surface area (Å²) in [5.41, 5.74) is 0.218. The monoisotopic (exact) mass is 464 g/mol. The van der Waals surface area contributed by atoms with E-state index in [1.54, 1.807) is 0 Å². The van der Waals surface area contributed by atoms with Crippen molar-refractivity contribution >= 4 is 29.1 Å². The lowest BCUT2D eigenvalue weighted by Gasteiger charge is -2.40. The molecule has 1 aliphatic heterocycles. The zero-order valence-corrected chi connectivity index (χ0v) is 18.5. The second-order valence-electron chi connectivity index (χ2n) is 8.32. The van der Waals surface area contributed by atoms with Crippen molar-refractivity contribution in [3.63, 3.8) is 0 Å². The number of halogens is 5. The number of rotatable bonds is 3. The van der Waals surface area contributed by atoms with Crippen molar-refractivity contribution in [1.29, 1.82) is 0 Å². The van der Waals surface area contributed by atoms with Gasteiger partial charge in [0.15, 0.2) is 0 Å². The Bertz CT molecular complexity index is 685. The molecule has 0 aromatic heterocycles. The Morgan fingerprint density at radius 1 is 0.967 bits per heavy atom. The number of alkyl halides is 5. The Hall–Kier alpha value is -0.980. The molecule has 1 aromatic carbocycles. The molecule has 1 amide bonds. The van der Waals surface area contributed by atoms with Crippen LogP contribution < -0.4 is 0 Å². The quantitative estimate of drug-likeness (QED) is 0.535. The predicted octanol–water partition coefficient (Wildman–Crippen LogP) is 5.71. The molecule has 3 nitrogen and oxygen atoms in total. The van der Waals surface area contributed by atoms with E-state index >= 15 is 0 Å². The molecule has 0 N–H and O–H groups in total. The van der Waals surface area contributed by atoms with E-state index in [4.69, 9.17) is 23.2 Å². The molecule has 8 heteroatoms. The minimum absolute atomic E-state index is 0.0528. The van der Waals surface area contributed by atoms with Gasteiger partial charge in [-0.05, 0) is 42.9 Å². The lowest BCUT2D eigenvalue weighted by Crippen LogP contribution is -2.52.